The van der Waals surface area contributed by atoms with Gasteiger partial charge < -0.3 is 10.5 Å². The normalized spacial score (nSPS) is 21.8. The van der Waals surface area contributed by atoms with Crippen molar-refractivity contribution in [1.29, 1.82) is 0 Å². The lowest BCUT2D eigenvalue weighted by Gasteiger charge is -2.30. The van der Waals surface area contributed by atoms with Crippen LogP contribution in [0.25, 0.3) is 0 Å². The van der Waals surface area contributed by atoms with E-state index in [0.29, 0.717) is 6.61 Å². The van der Waals surface area contributed by atoms with Gasteiger partial charge in [0.15, 0.2) is 0 Å². The quantitative estimate of drug-likeness (QED) is 0.913. The first kappa shape index (κ1) is 12.6. The van der Waals surface area contributed by atoms with Crippen LogP contribution in [0.2, 0.25) is 0 Å². The van der Waals surface area contributed by atoms with Crippen LogP contribution in [0.4, 0.5) is 0 Å². The minimum atomic E-state index is -0.00911. The van der Waals surface area contributed by atoms with Crippen LogP contribution in [-0.4, -0.2) is 21.6 Å². The van der Waals surface area contributed by atoms with Crippen LogP contribution >= 0.6 is 11.8 Å². The van der Waals surface area contributed by atoms with Gasteiger partial charge in [0, 0.05) is 18.7 Å². The van der Waals surface area contributed by atoms with Gasteiger partial charge in [0.05, 0.1) is 16.0 Å². The van der Waals surface area contributed by atoms with Crippen molar-refractivity contribution in [2.45, 2.75) is 23.2 Å². The SMILES string of the molecule is Cc1cc(SC2COc3ccccc3C2N)n(C)n1. The van der Waals surface area contributed by atoms with Crippen molar-refractivity contribution in [3.05, 3.63) is 41.6 Å². The van der Waals surface area contributed by atoms with Crippen molar-refractivity contribution < 1.29 is 4.74 Å². The van der Waals surface area contributed by atoms with E-state index < -0.39 is 0 Å². The third-order valence-corrected chi connectivity index (χ3v) is 4.67. The molecule has 19 heavy (non-hydrogen) atoms. The zero-order chi connectivity index (χ0) is 13.4. The van der Waals surface area contributed by atoms with Crippen LogP contribution < -0.4 is 10.5 Å². The average molecular weight is 275 g/mol. The zero-order valence-electron chi connectivity index (χ0n) is 11.0. The smallest absolute Gasteiger partial charge is 0.124 e. The molecule has 4 nitrogen and oxygen atoms in total. The highest BCUT2D eigenvalue weighted by atomic mass is 32.2. The summed E-state index contributed by atoms with van der Waals surface area (Å²) >= 11 is 1.73. The molecular formula is C14H17N3OS. The second-order valence-electron chi connectivity index (χ2n) is 4.78. The van der Waals surface area contributed by atoms with Crippen LogP contribution in [0.15, 0.2) is 35.4 Å². The first-order valence-corrected chi connectivity index (χ1v) is 7.17. The molecule has 0 spiro atoms. The molecular weight excluding hydrogens is 258 g/mol. The number of rotatable bonds is 2. The van der Waals surface area contributed by atoms with Crippen molar-refractivity contribution in [3.63, 3.8) is 0 Å². The lowest BCUT2D eigenvalue weighted by Crippen LogP contribution is -2.33. The van der Waals surface area contributed by atoms with Crippen LogP contribution in [0, 0.1) is 6.92 Å². The highest BCUT2D eigenvalue weighted by Gasteiger charge is 2.29. The van der Waals surface area contributed by atoms with E-state index in [-0.39, 0.29) is 11.3 Å². The molecule has 1 aromatic carbocycles. The van der Waals surface area contributed by atoms with Crippen LogP contribution in [-0.2, 0) is 7.05 Å². The standard InChI is InChI=1S/C14H17N3OS/c1-9-7-13(17(2)16-9)19-12-8-18-11-6-4-3-5-10(11)14(12)15/h3-7,12,14H,8,15H2,1-2H3. The molecule has 100 valence electrons. The minimum absolute atomic E-state index is 0.00911. The van der Waals surface area contributed by atoms with Gasteiger partial charge in [-0.25, -0.2) is 0 Å². The fraction of sp³-hybridized carbons (Fsp3) is 0.357. The fourth-order valence-corrected chi connectivity index (χ4v) is 3.49. The highest BCUT2D eigenvalue weighted by molar-refractivity contribution is 8.00. The summed E-state index contributed by atoms with van der Waals surface area (Å²) in [5.41, 5.74) is 8.48. The van der Waals surface area contributed by atoms with Gasteiger partial charge in [0.25, 0.3) is 0 Å². The Morgan fingerprint density at radius 3 is 2.95 bits per heavy atom. The molecule has 2 atom stereocenters. The molecule has 0 fully saturated rings. The summed E-state index contributed by atoms with van der Waals surface area (Å²) in [4.78, 5) is 0. The summed E-state index contributed by atoms with van der Waals surface area (Å²) in [5.74, 6) is 0.910. The van der Waals surface area contributed by atoms with Crippen molar-refractivity contribution in [2.75, 3.05) is 6.61 Å². The van der Waals surface area contributed by atoms with E-state index in [1.807, 2.05) is 42.9 Å². The molecule has 1 aromatic heterocycles. The molecule has 0 saturated heterocycles. The van der Waals surface area contributed by atoms with E-state index >= 15 is 0 Å². The first-order valence-electron chi connectivity index (χ1n) is 6.30. The number of hydrogen-bond acceptors (Lipinski definition) is 4. The largest absolute Gasteiger partial charge is 0.492 e. The Bertz CT molecular complexity index is 596. The number of fused-ring (bicyclic) bond motifs is 1. The second-order valence-corrected chi connectivity index (χ2v) is 6.04. The number of nitrogens with zero attached hydrogens (tertiary/aromatic N) is 2. The zero-order valence-corrected chi connectivity index (χ0v) is 11.9. The number of para-hydroxylation sites is 1. The van der Waals surface area contributed by atoms with Gasteiger partial charge in [-0.15, -0.1) is 0 Å². The van der Waals surface area contributed by atoms with Gasteiger partial charge in [0.1, 0.15) is 12.4 Å². The highest BCUT2D eigenvalue weighted by Crippen LogP contribution is 2.38. The molecule has 0 amide bonds. The molecule has 0 bridgehead atoms. The van der Waals surface area contributed by atoms with E-state index in [9.17, 15) is 0 Å². The molecule has 0 saturated carbocycles. The average Bonchev–Trinajstić information content (AvgIpc) is 2.72. The predicted molar refractivity (Wildman–Crippen MR) is 76.5 cm³/mol. The monoisotopic (exact) mass is 275 g/mol. The summed E-state index contributed by atoms with van der Waals surface area (Å²) in [6, 6.07) is 10.1. The fourth-order valence-electron chi connectivity index (χ4n) is 2.32. The number of benzene rings is 1. The van der Waals surface area contributed by atoms with Crippen LogP contribution in [0.3, 0.4) is 0 Å². The van der Waals surface area contributed by atoms with E-state index in [0.717, 1.165) is 22.0 Å². The maximum atomic E-state index is 6.36. The van der Waals surface area contributed by atoms with Gasteiger partial charge in [-0.2, -0.15) is 5.10 Å². The van der Waals surface area contributed by atoms with Crippen LogP contribution in [0.5, 0.6) is 5.75 Å². The summed E-state index contributed by atoms with van der Waals surface area (Å²) < 4.78 is 7.69. The number of hydrogen-bond donors (Lipinski definition) is 1. The molecule has 0 radical (unpaired) electrons. The number of nitrogens with two attached hydrogens (primary N) is 1. The number of ether oxygens (including phenoxy) is 1. The lowest BCUT2D eigenvalue weighted by atomic mass is 10.0. The number of thioether (sulfide) groups is 1. The Morgan fingerprint density at radius 2 is 2.21 bits per heavy atom. The summed E-state index contributed by atoms with van der Waals surface area (Å²) in [7, 11) is 1.96. The maximum absolute atomic E-state index is 6.36. The van der Waals surface area contributed by atoms with Crippen molar-refractivity contribution in [3.8, 4) is 5.75 Å². The summed E-state index contributed by atoms with van der Waals surface area (Å²) in [6.45, 7) is 2.63. The molecule has 2 unspecified atom stereocenters. The molecule has 1 aliphatic rings. The molecule has 1 aliphatic heterocycles. The minimum Gasteiger partial charge on any atom is -0.492 e. The van der Waals surface area contributed by atoms with E-state index in [4.69, 9.17) is 10.5 Å². The Labute approximate surface area is 116 Å². The summed E-state index contributed by atoms with van der Waals surface area (Å²) in [5, 5.41) is 5.70. The van der Waals surface area contributed by atoms with Crippen molar-refractivity contribution in [2.24, 2.45) is 12.8 Å². The Morgan fingerprint density at radius 1 is 1.42 bits per heavy atom. The van der Waals surface area contributed by atoms with Crippen molar-refractivity contribution >= 4 is 11.8 Å². The van der Waals surface area contributed by atoms with Gasteiger partial charge in [0.2, 0.25) is 0 Å². The number of aryl methyl sites for hydroxylation is 2. The predicted octanol–water partition coefficient (Wildman–Crippen LogP) is 2.28. The molecule has 0 aliphatic carbocycles. The maximum Gasteiger partial charge on any atom is 0.124 e. The Hall–Kier alpha value is -1.46. The Kier molecular flexibility index (Phi) is 3.24. The van der Waals surface area contributed by atoms with Gasteiger partial charge >= 0.3 is 0 Å². The van der Waals surface area contributed by atoms with E-state index in [1.165, 1.54) is 0 Å². The molecule has 3 rings (SSSR count). The van der Waals surface area contributed by atoms with E-state index in [1.54, 1.807) is 11.8 Å². The van der Waals surface area contributed by atoms with Crippen molar-refractivity contribution in [1.82, 2.24) is 9.78 Å². The van der Waals surface area contributed by atoms with E-state index in [2.05, 4.69) is 11.2 Å². The summed E-state index contributed by atoms with van der Waals surface area (Å²) in [6.07, 6.45) is 0. The third-order valence-electron chi connectivity index (χ3n) is 3.31. The van der Waals surface area contributed by atoms with Gasteiger partial charge in [-0.3, -0.25) is 4.68 Å². The molecule has 2 heterocycles. The van der Waals surface area contributed by atoms with Gasteiger partial charge in [-0.1, -0.05) is 30.0 Å². The Balaban J connectivity index is 1.83. The van der Waals surface area contributed by atoms with Gasteiger partial charge in [-0.05, 0) is 19.1 Å². The number of aromatic nitrogens is 2. The second kappa shape index (κ2) is 4.90. The molecule has 2 aromatic rings. The lowest BCUT2D eigenvalue weighted by molar-refractivity contribution is 0.276. The third kappa shape index (κ3) is 2.35. The van der Waals surface area contributed by atoms with Crippen LogP contribution in [0.1, 0.15) is 17.3 Å². The molecule has 2 N–H and O–H groups in total. The molecule has 5 heteroatoms. The topological polar surface area (TPSA) is 53.1 Å². The first-order chi connectivity index (χ1) is 9.15.